The summed E-state index contributed by atoms with van der Waals surface area (Å²) in [6.45, 7) is 0.840. The number of aliphatic imine (C=N–C) groups is 1. The van der Waals surface area contributed by atoms with Crippen LogP contribution in [0, 0.1) is 11.6 Å². The number of hydrogen-bond acceptors (Lipinski definition) is 3. The lowest BCUT2D eigenvalue weighted by atomic mass is 10.0. The molecule has 0 spiro atoms. The van der Waals surface area contributed by atoms with Crippen molar-refractivity contribution in [2.24, 2.45) is 12.0 Å². The third kappa shape index (κ3) is 5.63. The quantitative estimate of drug-likeness (QED) is 0.380. The number of benzene rings is 1. The van der Waals surface area contributed by atoms with Gasteiger partial charge in [-0.15, -0.1) is 24.0 Å². The van der Waals surface area contributed by atoms with Gasteiger partial charge in [-0.05, 0) is 32.3 Å². The van der Waals surface area contributed by atoms with Gasteiger partial charge in [0.05, 0.1) is 18.3 Å². The second-order valence-corrected chi connectivity index (χ2v) is 5.87. The van der Waals surface area contributed by atoms with Crippen LogP contribution in [0.25, 0.3) is 0 Å². The van der Waals surface area contributed by atoms with Crippen molar-refractivity contribution in [3.05, 3.63) is 53.4 Å². The Hall–Kier alpha value is -1.75. The first-order valence-corrected chi connectivity index (χ1v) is 7.95. The third-order valence-electron chi connectivity index (χ3n) is 4.00. The highest BCUT2D eigenvalue weighted by molar-refractivity contribution is 14.0. The highest BCUT2D eigenvalue weighted by atomic mass is 127. The predicted octanol–water partition coefficient (Wildman–Crippen LogP) is 2.28. The second-order valence-electron chi connectivity index (χ2n) is 5.87. The van der Waals surface area contributed by atoms with Gasteiger partial charge in [-0.25, -0.2) is 8.78 Å². The van der Waals surface area contributed by atoms with Crippen LogP contribution in [0.1, 0.15) is 17.3 Å². The number of hydrogen-bond donors (Lipinski definition) is 2. The molecule has 0 saturated heterocycles. The maximum Gasteiger partial charge on any atom is 0.191 e. The molecule has 6 nitrogen and oxygen atoms in total. The van der Waals surface area contributed by atoms with Crippen LogP contribution in [0.3, 0.4) is 0 Å². The molecule has 144 valence electrons. The fourth-order valence-electron chi connectivity index (χ4n) is 2.53. The molecule has 2 rings (SSSR count). The van der Waals surface area contributed by atoms with Crippen molar-refractivity contribution in [2.45, 2.75) is 12.6 Å². The van der Waals surface area contributed by atoms with Gasteiger partial charge in [0, 0.05) is 32.4 Å². The number of aromatic nitrogens is 2. The molecule has 2 N–H and O–H groups in total. The third-order valence-corrected chi connectivity index (χ3v) is 4.00. The topological polar surface area (TPSA) is 57.5 Å². The van der Waals surface area contributed by atoms with Gasteiger partial charge in [0.2, 0.25) is 0 Å². The van der Waals surface area contributed by atoms with Crippen molar-refractivity contribution in [1.29, 1.82) is 0 Å². The van der Waals surface area contributed by atoms with Gasteiger partial charge in [0.15, 0.2) is 5.96 Å². The lowest BCUT2D eigenvalue weighted by Gasteiger charge is -2.26. The number of nitrogens with zero attached hydrogens (tertiary/aromatic N) is 4. The predicted molar refractivity (Wildman–Crippen MR) is 110 cm³/mol. The zero-order valence-corrected chi connectivity index (χ0v) is 17.7. The molecule has 1 atom stereocenters. The Labute approximate surface area is 169 Å². The van der Waals surface area contributed by atoms with Crippen molar-refractivity contribution in [2.75, 3.05) is 27.7 Å². The van der Waals surface area contributed by atoms with Crippen molar-refractivity contribution in [3.63, 3.8) is 0 Å². The Kier molecular flexibility index (Phi) is 8.93. The molecular weight excluding hydrogens is 453 g/mol. The first-order chi connectivity index (χ1) is 11.9. The van der Waals surface area contributed by atoms with Crippen molar-refractivity contribution < 1.29 is 8.78 Å². The first kappa shape index (κ1) is 22.3. The maximum atomic E-state index is 14.1. The standard InChI is InChI=1S/C17H24F2N6.HI/c1-20-17(21-10-12-8-9-23-25(12)4)22-11-15(24(2)3)16-13(18)6-5-7-14(16)19;/h5-9,15H,10-11H2,1-4H3,(H2,20,21,22);1H. The van der Waals surface area contributed by atoms with E-state index >= 15 is 0 Å². The van der Waals surface area contributed by atoms with Crippen molar-refractivity contribution >= 4 is 29.9 Å². The van der Waals surface area contributed by atoms with Crippen molar-refractivity contribution in [3.8, 4) is 0 Å². The van der Waals surface area contributed by atoms with Gasteiger partial charge < -0.3 is 15.5 Å². The van der Waals surface area contributed by atoms with E-state index in [2.05, 4.69) is 20.7 Å². The molecule has 0 fully saturated rings. The number of halogens is 3. The maximum absolute atomic E-state index is 14.1. The molecule has 1 heterocycles. The molecule has 26 heavy (non-hydrogen) atoms. The van der Waals surface area contributed by atoms with Crippen LogP contribution in [-0.2, 0) is 13.6 Å². The average Bonchev–Trinajstić information content (AvgIpc) is 2.97. The molecule has 0 radical (unpaired) electrons. The van der Waals surface area contributed by atoms with Gasteiger partial charge in [-0.2, -0.15) is 5.10 Å². The molecule has 0 bridgehead atoms. The molecule has 0 aliphatic rings. The minimum atomic E-state index is -0.557. The van der Waals surface area contributed by atoms with Crippen LogP contribution >= 0.6 is 24.0 Å². The summed E-state index contributed by atoms with van der Waals surface area (Å²) in [6.07, 6.45) is 1.72. The molecule has 0 aliphatic carbocycles. The number of likely N-dealkylation sites (N-methyl/N-ethyl adjacent to an activating group) is 1. The van der Waals surface area contributed by atoms with Gasteiger partial charge in [0.1, 0.15) is 11.6 Å². The van der Waals surface area contributed by atoms with E-state index in [4.69, 9.17) is 0 Å². The largest absolute Gasteiger partial charge is 0.354 e. The Morgan fingerprint density at radius 1 is 1.23 bits per heavy atom. The van der Waals surface area contributed by atoms with Crippen LogP contribution in [0.5, 0.6) is 0 Å². The highest BCUT2D eigenvalue weighted by Gasteiger charge is 2.22. The first-order valence-electron chi connectivity index (χ1n) is 7.95. The summed E-state index contributed by atoms with van der Waals surface area (Å²) in [5.74, 6) is -0.568. The Bertz CT molecular complexity index is 712. The van der Waals surface area contributed by atoms with Gasteiger partial charge in [-0.1, -0.05) is 6.07 Å². The van der Waals surface area contributed by atoms with Gasteiger partial charge >= 0.3 is 0 Å². The van der Waals surface area contributed by atoms with Crippen LogP contribution in [0.4, 0.5) is 8.78 Å². The second kappa shape index (κ2) is 10.4. The molecular formula is C17H25F2IN6. The van der Waals surface area contributed by atoms with Crippen LogP contribution < -0.4 is 10.6 Å². The van der Waals surface area contributed by atoms with Crippen LogP contribution in [0.2, 0.25) is 0 Å². The fraction of sp³-hybridized carbons (Fsp3) is 0.412. The number of aryl methyl sites for hydroxylation is 1. The monoisotopic (exact) mass is 478 g/mol. The summed E-state index contributed by atoms with van der Waals surface area (Å²) in [5, 5.41) is 10.4. The molecule has 9 heteroatoms. The fourth-order valence-corrected chi connectivity index (χ4v) is 2.53. The molecule has 0 saturated carbocycles. The smallest absolute Gasteiger partial charge is 0.191 e. The summed E-state index contributed by atoms with van der Waals surface area (Å²) in [4.78, 5) is 5.91. The van der Waals surface area contributed by atoms with E-state index in [1.807, 2.05) is 13.1 Å². The summed E-state index contributed by atoms with van der Waals surface area (Å²) in [7, 11) is 7.07. The molecule has 2 aromatic rings. The van der Waals surface area contributed by atoms with E-state index in [1.54, 1.807) is 36.9 Å². The minimum absolute atomic E-state index is 0. The number of nitrogens with one attached hydrogen (secondary N) is 2. The molecule has 0 amide bonds. The zero-order chi connectivity index (χ0) is 18.4. The normalized spacial score (nSPS) is 12.7. The van der Waals surface area contributed by atoms with E-state index in [-0.39, 0.29) is 29.5 Å². The summed E-state index contributed by atoms with van der Waals surface area (Å²) in [6, 6.07) is 5.33. The summed E-state index contributed by atoms with van der Waals surface area (Å²) in [5.41, 5.74) is 1.04. The Morgan fingerprint density at radius 2 is 1.88 bits per heavy atom. The zero-order valence-electron chi connectivity index (χ0n) is 15.3. The molecule has 1 unspecified atom stereocenters. The van der Waals surface area contributed by atoms with Gasteiger partial charge in [-0.3, -0.25) is 9.67 Å². The lowest BCUT2D eigenvalue weighted by Crippen LogP contribution is -2.42. The minimum Gasteiger partial charge on any atom is -0.354 e. The lowest BCUT2D eigenvalue weighted by molar-refractivity contribution is 0.282. The molecule has 1 aromatic heterocycles. The Balaban J connectivity index is 0.00000338. The van der Waals surface area contributed by atoms with E-state index in [0.29, 0.717) is 19.0 Å². The van der Waals surface area contributed by atoms with E-state index < -0.39 is 17.7 Å². The SMILES string of the molecule is CN=C(NCc1ccnn1C)NCC(c1c(F)cccc1F)N(C)C.I. The molecule has 1 aromatic carbocycles. The average molecular weight is 478 g/mol. The van der Waals surface area contributed by atoms with E-state index in [1.165, 1.54) is 18.2 Å². The van der Waals surface area contributed by atoms with E-state index in [0.717, 1.165) is 5.69 Å². The Morgan fingerprint density at radius 3 is 2.38 bits per heavy atom. The number of rotatable bonds is 6. The van der Waals surface area contributed by atoms with Crippen LogP contribution in [0.15, 0.2) is 35.5 Å². The van der Waals surface area contributed by atoms with Gasteiger partial charge in [0.25, 0.3) is 0 Å². The van der Waals surface area contributed by atoms with E-state index in [9.17, 15) is 8.78 Å². The van der Waals surface area contributed by atoms with Crippen LogP contribution in [-0.4, -0.2) is 48.3 Å². The summed E-state index contributed by atoms with van der Waals surface area (Å²) < 4.78 is 30.0. The van der Waals surface area contributed by atoms with Crippen molar-refractivity contribution in [1.82, 2.24) is 25.3 Å². The number of guanidine groups is 1. The summed E-state index contributed by atoms with van der Waals surface area (Å²) >= 11 is 0. The molecule has 0 aliphatic heterocycles. The highest BCUT2D eigenvalue weighted by Crippen LogP contribution is 2.23.